The van der Waals surface area contributed by atoms with Gasteiger partial charge >= 0.3 is 12.1 Å². The summed E-state index contributed by atoms with van der Waals surface area (Å²) in [5.41, 5.74) is 3.70. The van der Waals surface area contributed by atoms with Gasteiger partial charge in [-0.2, -0.15) is 8.78 Å². The number of benzene rings is 2. The molecule has 2 aromatic carbocycles. The van der Waals surface area contributed by atoms with Crippen LogP contribution in [0.25, 0.3) is 17.2 Å². The van der Waals surface area contributed by atoms with Gasteiger partial charge < -0.3 is 14.7 Å². The van der Waals surface area contributed by atoms with E-state index < -0.39 is 17.5 Å². The summed E-state index contributed by atoms with van der Waals surface area (Å²) in [7, 11) is 0. The fourth-order valence-corrected chi connectivity index (χ4v) is 4.29. The quantitative estimate of drug-likeness (QED) is 0.379. The molecule has 1 amide bonds. The number of alkyl halides is 2. The number of hydrogen-bond donors (Lipinski definition) is 1. The number of nitrogens with zero attached hydrogens (tertiary/aromatic N) is 1. The van der Waals surface area contributed by atoms with Crippen LogP contribution in [0.2, 0.25) is 0 Å². The van der Waals surface area contributed by atoms with Crippen molar-refractivity contribution in [1.29, 1.82) is 0 Å². The third-order valence-electron chi connectivity index (χ3n) is 5.89. The lowest BCUT2D eigenvalue weighted by molar-refractivity contribution is -0.132. The van der Waals surface area contributed by atoms with E-state index in [2.05, 4.69) is 0 Å². The zero-order valence-electron chi connectivity index (χ0n) is 20.0. The van der Waals surface area contributed by atoms with Gasteiger partial charge in [0.2, 0.25) is 5.91 Å². The molecular formula is C27H29F2NO4. The molecule has 0 unspecified atom stereocenters. The number of anilines is 1. The molecule has 7 heteroatoms. The fraction of sp³-hybridized carbons (Fsp3) is 0.333. The van der Waals surface area contributed by atoms with E-state index in [1.807, 2.05) is 39.8 Å². The first-order valence-electron chi connectivity index (χ1n) is 11.1. The van der Waals surface area contributed by atoms with Crippen molar-refractivity contribution in [3.05, 3.63) is 65.3 Å². The van der Waals surface area contributed by atoms with E-state index in [9.17, 15) is 18.4 Å². The number of amides is 1. The van der Waals surface area contributed by atoms with Gasteiger partial charge in [0, 0.05) is 41.8 Å². The summed E-state index contributed by atoms with van der Waals surface area (Å²) in [6.07, 6.45) is 1.08. The number of aryl methyl sites for hydroxylation is 1. The molecule has 0 saturated carbocycles. The number of ether oxygens (including phenoxy) is 1. The number of fused-ring (bicyclic) bond motifs is 1. The van der Waals surface area contributed by atoms with Crippen molar-refractivity contribution in [3.63, 3.8) is 0 Å². The summed E-state index contributed by atoms with van der Waals surface area (Å²) >= 11 is 0. The second kappa shape index (κ2) is 9.41. The zero-order chi connectivity index (χ0) is 25.3. The lowest BCUT2D eigenvalue weighted by Crippen LogP contribution is -2.41. The number of rotatable bonds is 7. The van der Waals surface area contributed by atoms with Crippen LogP contribution in [0, 0.1) is 6.92 Å². The van der Waals surface area contributed by atoms with Crippen LogP contribution in [0.5, 0.6) is 5.75 Å². The third kappa shape index (κ3) is 5.19. The predicted molar refractivity (Wildman–Crippen MR) is 129 cm³/mol. The maximum absolute atomic E-state index is 14.4. The second-order valence-corrected chi connectivity index (χ2v) is 8.97. The zero-order valence-corrected chi connectivity index (χ0v) is 20.0. The normalized spacial score (nSPS) is 15.7. The Morgan fingerprint density at radius 3 is 2.56 bits per heavy atom. The first kappa shape index (κ1) is 25.1. The molecule has 0 bridgehead atoms. The van der Waals surface area contributed by atoms with E-state index >= 15 is 0 Å². The van der Waals surface area contributed by atoms with Crippen molar-refractivity contribution >= 4 is 23.6 Å². The Kier molecular flexibility index (Phi) is 6.96. The first-order chi connectivity index (χ1) is 15.9. The monoisotopic (exact) mass is 469 g/mol. The molecule has 34 heavy (non-hydrogen) atoms. The topological polar surface area (TPSA) is 66.8 Å². The molecule has 1 aliphatic rings. The number of carbonyl (C=O) groups is 2. The van der Waals surface area contributed by atoms with Crippen LogP contribution < -0.4 is 9.64 Å². The molecule has 1 heterocycles. The van der Waals surface area contributed by atoms with Crippen LogP contribution in [0.3, 0.4) is 0 Å². The summed E-state index contributed by atoms with van der Waals surface area (Å²) in [6, 6.07) is 8.41. The highest BCUT2D eigenvalue weighted by atomic mass is 19.3. The Bertz CT molecular complexity index is 1180. The largest absolute Gasteiger partial charge is 0.478 e. The Morgan fingerprint density at radius 2 is 1.94 bits per heavy atom. The maximum atomic E-state index is 14.4. The van der Waals surface area contributed by atoms with Gasteiger partial charge in [0.15, 0.2) is 0 Å². The van der Waals surface area contributed by atoms with E-state index in [0.717, 1.165) is 22.9 Å². The van der Waals surface area contributed by atoms with Gasteiger partial charge in [-0.05, 0) is 73.4 Å². The minimum atomic E-state index is -3.52. The van der Waals surface area contributed by atoms with Crippen molar-refractivity contribution in [1.82, 2.24) is 0 Å². The highest BCUT2D eigenvalue weighted by molar-refractivity contribution is 5.99. The number of carbonyl (C=O) groups excluding carboxylic acids is 1. The lowest BCUT2D eigenvalue weighted by atomic mass is 9.75. The molecule has 1 N–H and O–H groups in total. The molecule has 5 nitrogen and oxygen atoms in total. The molecule has 0 fully saturated rings. The van der Waals surface area contributed by atoms with Crippen molar-refractivity contribution in [2.75, 3.05) is 11.4 Å². The number of halogens is 2. The van der Waals surface area contributed by atoms with Gasteiger partial charge in [0.1, 0.15) is 5.75 Å². The standard InChI is InChI=1S/C27H29F2NO4/c1-6-12-27(28,29)34-23-10-8-18(9-11-25(32)33)14-20(23)19-15-21-22(13-17(19)3)30(7-2)24(31)16-26(21,4)5/h6,8-15H,7,16H2,1-5H3,(H,32,33)/b11-9+,12-6+. The smallest absolute Gasteiger partial charge is 0.419 e. The third-order valence-corrected chi connectivity index (χ3v) is 5.89. The van der Waals surface area contributed by atoms with E-state index in [-0.39, 0.29) is 11.7 Å². The van der Waals surface area contributed by atoms with E-state index in [1.54, 1.807) is 11.0 Å². The summed E-state index contributed by atoms with van der Waals surface area (Å²) in [6.45, 7) is 9.74. The summed E-state index contributed by atoms with van der Waals surface area (Å²) < 4.78 is 33.8. The number of carboxylic acids is 1. The van der Waals surface area contributed by atoms with E-state index in [1.165, 1.54) is 31.2 Å². The van der Waals surface area contributed by atoms with Gasteiger partial charge in [0.05, 0.1) is 0 Å². The summed E-state index contributed by atoms with van der Waals surface area (Å²) in [5, 5.41) is 8.98. The number of allylic oxidation sites excluding steroid dienone is 1. The fourth-order valence-electron chi connectivity index (χ4n) is 4.29. The lowest BCUT2D eigenvalue weighted by Gasteiger charge is -2.39. The number of hydrogen-bond acceptors (Lipinski definition) is 3. The average Bonchev–Trinajstić information content (AvgIpc) is 2.72. The molecule has 3 rings (SSSR count). The molecule has 0 aliphatic carbocycles. The molecule has 0 atom stereocenters. The highest BCUT2D eigenvalue weighted by Gasteiger charge is 2.37. The van der Waals surface area contributed by atoms with Gasteiger partial charge in [0.25, 0.3) is 0 Å². The summed E-state index contributed by atoms with van der Waals surface area (Å²) in [5.74, 6) is -1.10. The van der Waals surface area contributed by atoms with E-state index in [0.29, 0.717) is 35.7 Å². The number of aliphatic carboxylic acids is 1. The van der Waals surface area contributed by atoms with Crippen LogP contribution in [-0.2, 0) is 15.0 Å². The molecule has 0 radical (unpaired) electrons. The Hall–Kier alpha value is -3.48. The van der Waals surface area contributed by atoms with Gasteiger partial charge in [-0.1, -0.05) is 26.0 Å². The number of carboxylic acid groups (broad SMARTS) is 1. The average molecular weight is 470 g/mol. The van der Waals surface area contributed by atoms with Crippen LogP contribution >= 0.6 is 0 Å². The van der Waals surface area contributed by atoms with Crippen LogP contribution in [0.1, 0.15) is 50.8 Å². The van der Waals surface area contributed by atoms with E-state index in [4.69, 9.17) is 9.84 Å². The minimum absolute atomic E-state index is 0.0318. The van der Waals surface area contributed by atoms with Gasteiger partial charge in [-0.25, -0.2) is 4.79 Å². The molecule has 1 aliphatic heterocycles. The summed E-state index contributed by atoms with van der Waals surface area (Å²) in [4.78, 5) is 25.4. The molecular weight excluding hydrogens is 440 g/mol. The van der Waals surface area contributed by atoms with Gasteiger partial charge in [-0.15, -0.1) is 0 Å². The van der Waals surface area contributed by atoms with Crippen LogP contribution in [0.4, 0.5) is 14.5 Å². The Balaban J connectivity index is 2.25. The molecule has 0 spiro atoms. The highest BCUT2D eigenvalue weighted by Crippen LogP contribution is 2.45. The first-order valence-corrected chi connectivity index (χ1v) is 11.1. The van der Waals surface area contributed by atoms with Crippen molar-refractivity contribution in [3.8, 4) is 16.9 Å². The Morgan fingerprint density at radius 1 is 1.24 bits per heavy atom. The molecule has 0 saturated heterocycles. The van der Waals surface area contributed by atoms with Crippen molar-refractivity contribution < 1.29 is 28.2 Å². The SMILES string of the molecule is C/C=C/C(F)(F)Oc1ccc(/C=C/C(=O)O)cc1-c1cc2c(cc1C)N(CC)C(=O)CC2(C)C. The Labute approximate surface area is 198 Å². The predicted octanol–water partition coefficient (Wildman–Crippen LogP) is 6.34. The van der Waals surface area contributed by atoms with Gasteiger partial charge in [-0.3, -0.25) is 4.79 Å². The van der Waals surface area contributed by atoms with Crippen molar-refractivity contribution in [2.24, 2.45) is 0 Å². The van der Waals surface area contributed by atoms with Crippen molar-refractivity contribution in [2.45, 2.75) is 52.6 Å². The molecule has 0 aromatic heterocycles. The minimum Gasteiger partial charge on any atom is -0.478 e. The molecule has 180 valence electrons. The molecule has 2 aromatic rings. The maximum Gasteiger partial charge on any atom is 0.419 e. The second-order valence-electron chi connectivity index (χ2n) is 8.97. The van der Waals surface area contributed by atoms with Crippen LogP contribution in [0.15, 0.2) is 48.6 Å². The van der Waals surface area contributed by atoms with Crippen LogP contribution in [-0.4, -0.2) is 29.6 Å².